The standard InChI is InChI=1S/C16H26N2O3S.ClH/c1-16(2,3)13-11-22-15(17-13)12-10-18(8-9-21-12)7-5-4-6-14(19)20;/h11-12H,4-10H2,1-3H3,(H,19,20);1H. The predicted octanol–water partition coefficient (Wildman–Crippen LogP) is 3.49. The van der Waals surface area contributed by atoms with E-state index in [0.29, 0.717) is 6.61 Å². The summed E-state index contributed by atoms with van der Waals surface area (Å²) in [6, 6.07) is 0. The molecule has 1 fully saturated rings. The molecular formula is C16H27ClN2O3S. The van der Waals surface area contributed by atoms with Crippen LogP contribution in [-0.2, 0) is 14.9 Å². The summed E-state index contributed by atoms with van der Waals surface area (Å²) < 4.78 is 5.88. The molecule has 23 heavy (non-hydrogen) atoms. The van der Waals surface area contributed by atoms with Gasteiger partial charge in [0.2, 0.25) is 0 Å². The summed E-state index contributed by atoms with van der Waals surface area (Å²) in [4.78, 5) is 17.6. The van der Waals surface area contributed by atoms with Crippen LogP contribution in [0, 0.1) is 0 Å². The van der Waals surface area contributed by atoms with Crippen LogP contribution < -0.4 is 0 Å². The third-order valence-electron chi connectivity index (χ3n) is 3.83. The molecule has 1 aliphatic heterocycles. The summed E-state index contributed by atoms with van der Waals surface area (Å²) in [6.45, 7) is 9.93. The van der Waals surface area contributed by atoms with Crippen LogP contribution in [0.2, 0.25) is 0 Å². The molecule has 0 bridgehead atoms. The van der Waals surface area contributed by atoms with E-state index < -0.39 is 5.97 Å². The lowest BCUT2D eigenvalue weighted by Gasteiger charge is -2.32. The number of carboxylic acids is 1. The fraction of sp³-hybridized carbons (Fsp3) is 0.750. The van der Waals surface area contributed by atoms with E-state index in [0.717, 1.165) is 43.2 Å². The fourth-order valence-corrected chi connectivity index (χ4v) is 3.53. The molecule has 0 aromatic carbocycles. The van der Waals surface area contributed by atoms with Gasteiger partial charge in [0.05, 0.1) is 12.3 Å². The number of unbranched alkanes of at least 4 members (excludes halogenated alkanes) is 1. The van der Waals surface area contributed by atoms with Gasteiger partial charge in [0.1, 0.15) is 11.1 Å². The van der Waals surface area contributed by atoms with Gasteiger partial charge in [0.25, 0.3) is 0 Å². The maximum Gasteiger partial charge on any atom is 0.303 e. The highest BCUT2D eigenvalue weighted by atomic mass is 35.5. The first-order valence-corrected chi connectivity index (χ1v) is 8.76. The van der Waals surface area contributed by atoms with Crippen LogP contribution in [0.3, 0.4) is 0 Å². The molecule has 7 heteroatoms. The Balaban J connectivity index is 0.00000264. The van der Waals surface area contributed by atoms with Crippen molar-refractivity contribution in [3.05, 3.63) is 16.1 Å². The van der Waals surface area contributed by atoms with Crippen LogP contribution in [0.1, 0.15) is 56.8 Å². The summed E-state index contributed by atoms with van der Waals surface area (Å²) in [5.41, 5.74) is 1.19. The molecule has 5 nitrogen and oxygen atoms in total. The van der Waals surface area contributed by atoms with Crippen LogP contribution in [-0.4, -0.2) is 47.2 Å². The number of carbonyl (C=O) groups is 1. The van der Waals surface area contributed by atoms with Gasteiger partial charge < -0.3 is 9.84 Å². The second-order valence-corrected chi connectivity index (χ2v) is 7.72. The van der Waals surface area contributed by atoms with Crippen LogP contribution in [0.15, 0.2) is 5.38 Å². The third kappa shape index (κ3) is 6.37. The minimum atomic E-state index is -0.711. The minimum absolute atomic E-state index is 0. The van der Waals surface area contributed by atoms with Crippen molar-refractivity contribution in [3.63, 3.8) is 0 Å². The molecule has 1 atom stereocenters. The SMILES string of the molecule is CC(C)(C)c1csc(C2CN(CCCCC(=O)O)CCO2)n1.Cl. The fourth-order valence-electron chi connectivity index (χ4n) is 2.45. The van der Waals surface area contributed by atoms with Crippen LogP contribution in [0.25, 0.3) is 0 Å². The van der Waals surface area contributed by atoms with Crippen molar-refractivity contribution in [2.75, 3.05) is 26.2 Å². The summed E-state index contributed by atoms with van der Waals surface area (Å²) in [5.74, 6) is -0.711. The molecule has 1 N–H and O–H groups in total. The van der Waals surface area contributed by atoms with E-state index in [2.05, 4.69) is 31.1 Å². The van der Waals surface area contributed by atoms with Gasteiger partial charge in [-0.05, 0) is 19.4 Å². The lowest BCUT2D eigenvalue weighted by Crippen LogP contribution is -2.38. The van der Waals surface area contributed by atoms with E-state index in [-0.39, 0.29) is 30.3 Å². The molecule has 1 saturated heterocycles. The Morgan fingerprint density at radius 1 is 1.48 bits per heavy atom. The molecule has 132 valence electrons. The number of thiazole rings is 1. The molecule has 0 amide bonds. The first kappa shape index (κ1) is 20.4. The van der Waals surface area contributed by atoms with Gasteiger partial charge in [-0.1, -0.05) is 20.8 Å². The van der Waals surface area contributed by atoms with Crippen molar-refractivity contribution in [1.82, 2.24) is 9.88 Å². The number of rotatable bonds is 6. The van der Waals surface area contributed by atoms with Crippen molar-refractivity contribution in [1.29, 1.82) is 0 Å². The monoisotopic (exact) mass is 362 g/mol. The van der Waals surface area contributed by atoms with E-state index in [1.54, 1.807) is 11.3 Å². The molecule has 2 rings (SSSR count). The Morgan fingerprint density at radius 3 is 2.83 bits per heavy atom. The smallest absolute Gasteiger partial charge is 0.303 e. The Labute approximate surface area is 148 Å². The minimum Gasteiger partial charge on any atom is -0.481 e. The first-order chi connectivity index (χ1) is 10.4. The van der Waals surface area contributed by atoms with Gasteiger partial charge in [-0.2, -0.15) is 0 Å². The molecule has 0 aliphatic carbocycles. The average molecular weight is 363 g/mol. The predicted molar refractivity (Wildman–Crippen MR) is 94.7 cm³/mol. The van der Waals surface area contributed by atoms with Crippen LogP contribution in [0.5, 0.6) is 0 Å². The zero-order valence-electron chi connectivity index (χ0n) is 14.1. The maximum atomic E-state index is 10.5. The number of ether oxygens (including phenoxy) is 1. The molecule has 2 heterocycles. The normalized spacial score (nSPS) is 19.3. The lowest BCUT2D eigenvalue weighted by molar-refractivity contribution is -0.137. The molecule has 1 aromatic rings. The van der Waals surface area contributed by atoms with Crippen molar-refractivity contribution >= 4 is 29.7 Å². The van der Waals surface area contributed by atoms with Gasteiger partial charge in [0.15, 0.2) is 0 Å². The van der Waals surface area contributed by atoms with Gasteiger partial charge in [-0.25, -0.2) is 4.98 Å². The van der Waals surface area contributed by atoms with Crippen LogP contribution >= 0.6 is 23.7 Å². The Bertz CT molecular complexity index is 502. The number of aliphatic carboxylic acids is 1. The zero-order valence-corrected chi connectivity index (χ0v) is 15.7. The number of hydrogen-bond donors (Lipinski definition) is 1. The number of halogens is 1. The average Bonchev–Trinajstić information content (AvgIpc) is 2.93. The number of aromatic nitrogens is 1. The molecule has 0 radical (unpaired) electrons. The summed E-state index contributed by atoms with van der Waals surface area (Å²) >= 11 is 1.68. The number of carboxylic acid groups (broad SMARTS) is 1. The highest BCUT2D eigenvalue weighted by Crippen LogP contribution is 2.30. The Hall–Kier alpha value is -0.690. The van der Waals surface area contributed by atoms with Crippen molar-refractivity contribution in [3.8, 4) is 0 Å². The Kier molecular flexibility index (Phi) is 7.94. The van der Waals surface area contributed by atoms with E-state index in [4.69, 9.17) is 14.8 Å². The highest BCUT2D eigenvalue weighted by Gasteiger charge is 2.26. The Morgan fingerprint density at radius 2 is 2.22 bits per heavy atom. The lowest BCUT2D eigenvalue weighted by atomic mass is 9.93. The summed E-state index contributed by atoms with van der Waals surface area (Å²) in [5, 5.41) is 11.9. The van der Waals surface area contributed by atoms with Gasteiger partial charge in [-0.15, -0.1) is 23.7 Å². The number of hydrogen-bond acceptors (Lipinski definition) is 5. The van der Waals surface area contributed by atoms with Crippen molar-refractivity contribution in [2.24, 2.45) is 0 Å². The largest absolute Gasteiger partial charge is 0.481 e. The van der Waals surface area contributed by atoms with Gasteiger partial charge in [0, 0.05) is 30.3 Å². The third-order valence-corrected chi connectivity index (χ3v) is 4.77. The first-order valence-electron chi connectivity index (χ1n) is 7.88. The molecule has 1 unspecified atom stereocenters. The summed E-state index contributed by atoms with van der Waals surface area (Å²) in [6.07, 6.45) is 1.97. The second kappa shape index (κ2) is 8.97. The van der Waals surface area contributed by atoms with Crippen molar-refractivity contribution in [2.45, 2.75) is 51.6 Å². The number of morpholine rings is 1. The van der Waals surface area contributed by atoms with Gasteiger partial charge in [-0.3, -0.25) is 9.69 Å². The highest BCUT2D eigenvalue weighted by molar-refractivity contribution is 7.09. The van der Waals surface area contributed by atoms with Gasteiger partial charge >= 0.3 is 5.97 Å². The zero-order chi connectivity index (χ0) is 16.2. The maximum absolute atomic E-state index is 10.5. The van der Waals surface area contributed by atoms with E-state index in [1.807, 2.05) is 0 Å². The van der Waals surface area contributed by atoms with E-state index >= 15 is 0 Å². The van der Waals surface area contributed by atoms with Crippen molar-refractivity contribution < 1.29 is 14.6 Å². The second-order valence-electron chi connectivity index (χ2n) is 6.83. The van der Waals surface area contributed by atoms with E-state index in [1.165, 1.54) is 0 Å². The van der Waals surface area contributed by atoms with E-state index in [9.17, 15) is 4.79 Å². The number of nitrogens with zero attached hydrogens (tertiary/aromatic N) is 2. The molecule has 1 aliphatic rings. The molecule has 0 saturated carbocycles. The van der Waals surface area contributed by atoms with Crippen LogP contribution in [0.4, 0.5) is 0 Å². The molecule has 0 spiro atoms. The topological polar surface area (TPSA) is 62.7 Å². The molecule has 1 aromatic heterocycles. The quantitative estimate of drug-likeness (QED) is 0.785. The molecular weight excluding hydrogens is 336 g/mol. The summed E-state index contributed by atoms with van der Waals surface area (Å²) in [7, 11) is 0.